The van der Waals surface area contributed by atoms with Gasteiger partial charge in [0.05, 0.1) is 0 Å². The van der Waals surface area contributed by atoms with Crippen LogP contribution in [0.25, 0.3) is 0 Å². The van der Waals surface area contributed by atoms with Crippen LogP contribution in [0.5, 0.6) is 0 Å². The van der Waals surface area contributed by atoms with E-state index in [1.807, 2.05) is 11.3 Å². The summed E-state index contributed by atoms with van der Waals surface area (Å²) in [5, 5.41) is 5.72. The van der Waals surface area contributed by atoms with E-state index in [9.17, 15) is 0 Å². The summed E-state index contributed by atoms with van der Waals surface area (Å²) in [6, 6.07) is 4.97. The number of likely N-dealkylation sites (N-methyl/N-ethyl adjacent to an activating group) is 1. The normalized spacial score (nSPS) is 19.3. The molecule has 1 aliphatic rings. The van der Waals surface area contributed by atoms with E-state index >= 15 is 0 Å². The maximum atomic E-state index is 3.54. The van der Waals surface area contributed by atoms with E-state index in [0.717, 1.165) is 0 Å². The quantitative estimate of drug-likeness (QED) is 0.851. The summed E-state index contributed by atoms with van der Waals surface area (Å²) >= 11 is 1.88. The van der Waals surface area contributed by atoms with Crippen LogP contribution in [0, 0.1) is 0 Å². The molecule has 1 unspecified atom stereocenters. The second-order valence-electron chi connectivity index (χ2n) is 5.81. The van der Waals surface area contributed by atoms with Crippen molar-refractivity contribution in [1.29, 1.82) is 0 Å². The Morgan fingerprint density at radius 1 is 1.39 bits per heavy atom. The Labute approximate surface area is 115 Å². The number of hydrogen-bond acceptors (Lipinski definition) is 3. The Bertz CT molecular complexity index is 339. The van der Waals surface area contributed by atoms with E-state index < -0.39 is 0 Å². The smallest absolute Gasteiger partial charge is 0.0306 e. The molecular weight excluding hydrogens is 240 g/mol. The average Bonchev–Trinajstić information content (AvgIpc) is 3.03. The maximum absolute atomic E-state index is 3.54. The average molecular weight is 266 g/mol. The fourth-order valence-corrected chi connectivity index (χ4v) is 3.83. The summed E-state index contributed by atoms with van der Waals surface area (Å²) in [4.78, 5) is 4.16. The second-order valence-corrected chi connectivity index (χ2v) is 6.84. The van der Waals surface area contributed by atoms with Gasteiger partial charge in [-0.1, -0.05) is 6.07 Å². The molecule has 0 aromatic carbocycles. The SMILES string of the molecule is CNC(CCc1cccs1)C(C)(C)N1CCCC1. The minimum atomic E-state index is 0.266. The molecule has 1 aromatic rings. The number of nitrogens with one attached hydrogen (secondary N) is 1. The van der Waals surface area contributed by atoms with E-state index in [4.69, 9.17) is 0 Å². The Morgan fingerprint density at radius 3 is 2.67 bits per heavy atom. The zero-order chi connectivity index (χ0) is 13.0. The first-order valence-corrected chi connectivity index (χ1v) is 7.97. The molecule has 0 radical (unpaired) electrons. The minimum Gasteiger partial charge on any atom is -0.315 e. The third-order valence-electron chi connectivity index (χ3n) is 4.38. The van der Waals surface area contributed by atoms with Crippen LogP contribution < -0.4 is 5.32 Å². The fourth-order valence-electron chi connectivity index (χ4n) is 3.11. The van der Waals surface area contributed by atoms with Crippen molar-refractivity contribution in [2.75, 3.05) is 20.1 Å². The first-order chi connectivity index (χ1) is 8.64. The van der Waals surface area contributed by atoms with Gasteiger partial charge in [-0.2, -0.15) is 0 Å². The van der Waals surface area contributed by atoms with Crippen LogP contribution in [0.2, 0.25) is 0 Å². The van der Waals surface area contributed by atoms with Gasteiger partial charge >= 0.3 is 0 Å². The first-order valence-electron chi connectivity index (χ1n) is 7.09. The van der Waals surface area contributed by atoms with Crippen molar-refractivity contribution in [3.8, 4) is 0 Å². The summed E-state index contributed by atoms with van der Waals surface area (Å²) in [7, 11) is 2.11. The number of likely N-dealkylation sites (tertiary alicyclic amines) is 1. The predicted molar refractivity (Wildman–Crippen MR) is 80.4 cm³/mol. The van der Waals surface area contributed by atoms with E-state index in [2.05, 4.69) is 48.6 Å². The van der Waals surface area contributed by atoms with Gasteiger partial charge in [-0.25, -0.2) is 0 Å². The molecule has 102 valence electrons. The van der Waals surface area contributed by atoms with Gasteiger partial charge in [-0.3, -0.25) is 4.90 Å². The minimum absolute atomic E-state index is 0.266. The zero-order valence-corrected chi connectivity index (χ0v) is 12.7. The van der Waals surface area contributed by atoms with Crippen LogP contribution in [0.1, 0.15) is 38.0 Å². The molecule has 0 saturated carbocycles. The fraction of sp³-hybridized carbons (Fsp3) is 0.733. The number of aryl methyl sites for hydroxylation is 1. The lowest BCUT2D eigenvalue weighted by molar-refractivity contribution is 0.106. The van der Waals surface area contributed by atoms with E-state index in [1.165, 1.54) is 43.6 Å². The van der Waals surface area contributed by atoms with Gasteiger partial charge in [0.2, 0.25) is 0 Å². The monoisotopic (exact) mass is 266 g/mol. The summed E-state index contributed by atoms with van der Waals surface area (Å²) < 4.78 is 0. The molecule has 3 heteroatoms. The van der Waals surface area contributed by atoms with Gasteiger partial charge < -0.3 is 5.32 Å². The molecule has 0 spiro atoms. The van der Waals surface area contributed by atoms with Crippen LogP contribution in [0.3, 0.4) is 0 Å². The van der Waals surface area contributed by atoms with Gasteiger partial charge in [-0.15, -0.1) is 11.3 Å². The topological polar surface area (TPSA) is 15.3 Å². The predicted octanol–water partition coefficient (Wildman–Crippen LogP) is 3.14. The van der Waals surface area contributed by atoms with Gasteiger partial charge in [0.1, 0.15) is 0 Å². The number of rotatable bonds is 6. The molecular formula is C15H26N2S. The Morgan fingerprint density at radius 2 is 2.11 bits per heavy atom. The Balaban J connectivity index is 1.94. The molecule has 0 aliphatic carbocycles. The largest absolute Gasteiger partial charge is 0.315 e. The van der Waals surface area contributed by atoms with Crippen LogP contribution in [0.15, 0.2) is 17.5 Å². The lowest BCUT2D eigenvalue weighted by Gasteiger charge is -2.42. The van der Waals surface area contributed by atoms with Crippen LogP contribution in [-0.2, 0) is 6.42 Å². The molecule has 1 aliphatic heterocycles. The Hall–Kier alpha value is -0.380. The van der Waals surface area contributed by atoms with Crippen molar-refractivity contribution in [2.24, 2.45) is 0 Å². The highest BCUT2D eigenvalue weighted by Crippen LogP contribution is 2.27. The summed E-state index contributed by atoms with van der Waals surface area (Å²) in [5.74, 6) is 0. The molecule has 1 aromatic heterocycles. The molecule has 2 heterocycles. The summed E-state index contributed by atoms with van der Waals surface area (Å²) in [6.45, 7) is 7.33. The third-order valence-corrected chi connectivity index (χ3v) is 5.32. The van der Waals surface area contributed by atoms with Crippen molar-refractivity contribution in [1.82, 2.24) is 10.2 Å². The molecule has 1 saturated heterocycles. The highest BCUT2D eigenvalue weighted by atomic mass is 32.1. The number of nitrogens with zero attached hydrogens (tertiary/aromatic N) is 1. The first kappa shape index (κ1) is 14.0. The zero-order valence-electron chi connectivity index (χ0n) is 11.9. The molecule has 0 amide bonds. The Kier molecular flexibility index (Phi) is 4.82. The van der Waals surface area contributed by atoms with Crippen molar-refractivity contribution < 1.29 is 0 Å². The highest BCUT2D eigenvalue weighted by Gasteiger charge is 2.35. The molecule has 18 heavy (non-hydrogen) atoms. The van der Waals surface area contributed by atoms with E-state index in [-0.39, 0.29) is 5.54 Å². The summed E-state index contributed by atoms with van der Waals surface area (Å²) in [6.07, 6.45) is 5.15. The molecule has 1 fully saturated rings. The van der Waals surface area contributed by atoms with Crippen molar-refractivity contribution >= 4 is 11.3 Å². The molecule has 1 atom stereocenters. The molecule has 0 bridgehead atoms. The van der Waals surface area contributed by atoms with Crippen LogP contribution in [0.4, 0.5) is 0 Å². The molecule has 2 nitrogen and oxygen atoms in total. The molecule has 1 N–H and O–H groups in total. The van der Waals surface area contributed by atoms with Gasteiger partial charge in [-0.05, 0) is 71.1 Å². The van der Waals surface area contributed by atoms with E-state index in [1.54, 1.807) is 0 Å². The van der Waals surface area contributed by atoms with Gasteiger partial charge in [0.25, 0.3) is 0 Å². The van der Waals surface area contributed by atoms with E-state index in [0.29, 0.717) is 6.04 Å². The molecule has 2 rings (SSSR count). The third kappa shape index (κ3) is 3.14. The number of thiophene rings is 1. The maximum Gasteiger partial charge on any atom is 0.0306 e. The van der Waals surface area contributed by atoms with Crippen molar-refractivity contribution in [2.45, 2.75) is 51.1 Å². The standard InChI is InChI=1S/C15H26N2S/c1-15(2,17-10-4-5-11-17)14(16-3)9-8-13-7-6-12-18-13/h6-7,12,14,16H,4-5,8-11H2,1-3H3. The van der Waals surface area contributed by atoms with Gasteiger partial charge in [0.15, 0.2) is 0 Å². The lowest BCUT2D eigenvalue weighted by atomic mass is 9.89. The van der Waals surface area contributed by atoms with Crippen molar-refractivity contribution in [3.63, 3.8) is 0 Å². The van der Waals surface area contributed by atoms with Crippen LogP contribution >= 0.6 is 11.3 Å². The number of hydrogen-bond donors (Lipinski definition) is 1. The summed E-state index contributed by atoms with van der Waals surface area (Å²) in [5.41, 5.74) is 0.266. The van der Waals surface area contributed by atoms with Crippen LogP contribution in [-0.4, -0.2) is 36.6 Å². The van der Waals surface area contributed by atoms with Gasteiger partial charge in [0, 0.05) is 16.5 Å². The second kappa shape index (κ2) is 6.18. The van der Waals surface area contributed by atoms with Crippen molar-refractivity contribution in [3.05, 3.63) is 22.4 Å². The highest BCUT2D eigenvalue weighted by molar-refractivity contribution is 7.09. The lowest BCUT2D eigenvalue weighted by Crippen LogP contribution is -2.56.